The summed E-state index contributed by atoms with van der Waals surface area (Å²) in [5.41, 5.74) is 6.21. The monoisotopic (exact) mass is 321 g/mol. The number of aliphatic carboxylic acids is 1. The van der Waals surface area contributed by atoms with Gasteiger partial charge in [-0.3, -0.25) is 14.4 Å². The molecule has 23 heavy (non-hydrogen) atoms. The Labute approximate surface area is 135 Å². The van der Waals surface area contributed by atoms with Crippen LogP contribution in [0.1, 0.15) is 24.8 Å². The van der Waals surface area contributed by atoms with Crippen LogP contribution in [0.25, 0.3) is 0 Å². The summed E-state index contributed by atoms with van der Waals surface area (Å²) in [6.07, 6.45) is 1.51. The second-order valence-corrected chi connectivity index (χ2v) is 5.16. The number of carboxylic acids is 1. The van der Waals surface area contributed by atoms with Crippen molar-refractivity contribution in [1.29, 1.82) is 0 Å². The van der Waals surface area contributed by atoms with E-state index in [1.165, 1.54) is 0 Å². The van der Waals surface area contributed by atoms with Crippen LogP contribution in [0.2, 0.25) is 0 Å². The van der Waals surface area contributed by atoms with Gasteiger partial charge in [-0.25, -0.2) is 0 Å². The number of carbonyl (C=O) groups is 3. The molecule has 126 valence electrons. The zero-order chi connectivity index (χ0) is 17.1. The second kappa shape index (κ2) is 10.3. The Morgan fingerprint density at radius 2 is 1.83 bits per heavy atom. The SMILES string of the molecule is NCC(=O)N[C@@H](Cc1ccccc1)C(=O)NCCCCC(=O)O. The minimum absolute atomic E-state index is 0.0766. The van der Waals surface area contributed by atoms with E-state index >= 15 is 0 Å². The maximum Gasteiger partial charge on any atom is 0.303 e. The number of amides is 2. The van der Waals surface area contributed by atoms with Gasteiger partial charge in [0.25, 0.3) is 0 Å². The fraction of sp³-hybridized carbons (Fsp3) is 0.438. The lowest BCUT2D eigenvalue weighted by molar-refractivity contribution is -0.137. The smallest absolute Gasteiger partial charge is 0.303 e. The molecule has 0 spiro atoms. The zero-order valence-corrected chi connectivity index (χ0v) is 13.0. The highest BCUT2D eigenvalue weighted by Gasteiger charge is 2.20. The van der Waals surface area contributed by atoms with Crippen LogP contribution >= 0.6 is 0 Å². The van der Waals surface area contributed by atoms with E-state index < -0.39 is 17.9 Å². The van der Waals surface area contributed by atoms with Gasteiger partial charge in [-0.05, 0) is 18.4 Å². The summed E-state index contributed by atoms with van der Waals surface area (Å²) in [6, 6.07) is 8.65. The van der Waals surface area contributed by atoms with Crippen molar-refractivity contribution in [3.63, 3.8) is 0 Å². The molecule has 0 saturated carbocycles. The largest absolute Gasteiger partial charge is 0.481 e. The molecule has 0 radical (unpaired) electrons. The first-order chi connectivity index (χ1) is 11.0. The third-order valence-electron chi connectivity index (χ3n) is 3.24. The number of nitrogens with two attached hydrogens (primary N) is 1. The average molecular weight is 321 g/mol. The molecular weight excluding hydrogens is 298 g/mol. The van der Waals surface area contributed by atoms with Gasteiger partial charge in [0.1, 0.15) is 6.04 Å². The van der Waals surface area contributed by atoms with Crippen LogP contribution in [0.3, 0.4) is 0 Å². The summed E-state index contributed by atoms with van der Waals surface area (Å²) < 4.78 is 0. The zero-order valence-electron chi connectivity index (χ0n) is 13.0. The number of carboxylic acid groups (broad SMARTS) is 1. The molecule has 7 nitrogen and oxygen atoms in total. The van der Waals surface area contributed by atoms with Crippen LogP contribution in [0, 0.1) is 0 Å². The van der Waals surface area contributed by atoms with Gasteiger partial charge < -0.3 is 21.5 Å². The third-order valence-corrected chi connectivity index (χ3v) is 3.24. The van der Waals surface area contributed by atoms with Gasteiger partial charge in [0, 0.05) is 19.4 Å². The van der Waals surface area contributed by atoms with E-state index in [2.05, 4.69) is 10.6 Å². The van der Waals surface area contributed by atoms with Crippen LogP contribution in [0.4, 0.5) is 0 Å². The highest BCUT2D eigenvalue weighted by atomic mass is 16.4. The number of nitrogens with one attached hydrogen (secondary N) is 2. The lowest BCUT2D eigenvalue weighted by Crippen LogP contribution is -2.49. The van der Waals surface area contributed by atoms with Gasteiger partial charge >= 0.3 is 5.97 Å². The van der Waals surface area contributed by atoms with Gasteiger partial charge in [-0.1, -0.05) is 30.3 Å². The fourth-order valence-corrected chi connectivity index (χ4v) is 2.05. The molecule has 0 saturated heterocycles. The molecule has 1 aromatic rings. The topological polar surface area (TPSA) is 122 Å². The molecular formula is C16H23N3O4. The molecule has 5 N–H and O–H groups in total. The molecule has 0 aliphatic carbocycles. The van der Waals surface area contributed by atoms with E-state index in [-0.39, 0.29) is 18.9 Å². The van der Waals surface area contributed by atoms with Crippen molar-refractivity contribution in [2.45, 2.75) is 31.7 Å². The Morgan fingerprint density at radius 3 is 2.43 bits per heavy atom. The molecule has 2 amide bonds. The van der Waals surface area contributed by atoms with E-state index in [1.54, 1.807) is 0 Å². The van der Waals surface area contributed by atoms with E-state index in [0.717, 1.165) is 5.56 Å². The van der Waals surface area contributed by atoms with Crippen molar-refractivity contribution in [2.75, 3.05) is 13.1 Å². The number of unbranched alkanes of at least 4 members (excludes halogenated alkanes) is 1. The molecule has 1 rings (SSSR count). The number of benzene rings is 1. The third kappa shape index (κ3) is 7.96. The van der Waals surface area contributed by atoms with Gasteiger partial charge in [0.05, 0.1) is 6.54 Å². The standard InChI is InChI=1S/C16H23N3O4/c17-11-14(20)19-13(10-12-6-2-1-3-7-12)16(23)18-9-5-4-8-15(21)22/h1-3,6-7,13H,4-5,8-11,17H2,(H,18,23)(H,19,20)(H,21,22)/t13-/m0/s1. The molecule has 0 aliphatic rings. The van der Waals surface area contributed by atoms with Crippen LogP contribution in [0.15, 0.2) is 30.3 Å². The Morgan fingerprint density at radius 1 is 1.13 bits per heavy atom. The molecule has 0 fully saturated rings. The predicted molar refractivity (Wildman–Crippen MR) is 85.6 cm³/mol. The predicted octanol–water partition coefficient (Wildman–Crippen LogP) is 0.0437. The molecule has 0 aliphatic heterocycles. The fourth-order valence-electron chi connectivity index (χ4n) is 2.05. The first kappa shape index (κ1) is 18.6. The van der Waals surface area contributed by atoms with Crippen molar-refractivity contribution in [2.24, 2.45) is 5.73 Å². The lowest BCUT2D eigenvalue weighted by Gasteiger charge is -2.18. The van der Waals surface area contributed by atoms with Gasteiger partial charge in [-0.15, -0.1) is 0 Å². The van der Waals surface area contributed by atoms with Crippen LogP contribution in [0.5, 0.6) is 0 Å². The second-order valence-electron chi connectivity index (χ2n) is 5.16. The molecule has 0 aromatic heterocycles. The van der Waals surface area contributed by atoms with Gasteiger partial charge in [0.2, 0.25) is 11.8 Å². The Kier molecular flexibility index (Phi) is 8.38. The van der Waals surface area contributed by atoms with Crippen molar-refractivity contribution < 1.29 is 19.5 Å². The van der Waals surface area contributed by atoms with Crippen LogP contribution in [-0.2, 0) is 20.8 Å². The van der Waals surface area contributed by atoms with E-state index in [4.69, 9.17) is 10.8 Å². The summed E-state index contributed by atoms with van der Waals surface area (Å²) in [4.78, 5) is 34.1. The maximum absolute atomic E-state index is 12.2. The summed E-state index contributed by atoms with van der Waals surface area (Å²) in [6.45, 7) is 0.188. The molecule has 0 bridgehead atoms. The van der Waals surface area contributed by atoms with Crippen LogP contribution < -0.4 is 16.4 Å². The van der Waals surface area contributed by atoms with Gasteiger partial charge in [-0.2, -0.15) is 0 Å². The molecule has 7 heteroatoms. The van der Waals surface area contributed by atoms with E-state index in [9.17, 15) is 14.4 Å². The maximum atomic E-state index is 12.2. The van der Waals surface area contributed by atoms with Crippen molar-refractivity contribution in [3.05, 3.63) is 35.9 Å². The number of hydrogen-bond donors (Lipinski definition) is 4. The Balaban J connectivity index is 2.51. The normalized spacial score (nSPS) is 11.5. The highest BCUT2D eigenvalue weighted by molar-refractivity contribution is 5.88. The van der Waals surface area contributed by atoms with Crippen molar-refractivity contribution >= 4 is 17.8 Å². The van der Waals surface area contributed by atoms with E-state index in [1.807, 2.05) is 30.3 Å². The van der Waals surface area contributed by atoms with Crippen molar-refractivity contribution in [3.8, 4) is 0 Å². The highest BCUT2D eigenvalue weighted by Crippen LogP contribution is 2.04. The first-order valence-electron chi connectivity index (χ1n) is 7.55. The quantitative estimate of drug-likeness (QED) is 0.453. The number of carbonyl (C=O) groups excluding carboxylic acids is 2. The molecule has 0 heterocycles. The molecule has 1 aromatic carbocycles. The average Bonchev–Trinajstić information content (AvgIpc) is 2.54. The Hall–Kier alpha value is -2.41. The first-order valence-corrected chi connectivity index (χ1v) is 7.55. The van der Waals surface area contributed by atoms with Crippen LogP contribution in [-0.4, -0.2) is 42.0 Å². The lowest BCUT2D eigenvalue weighted by atomic mass is 10.1. The summed E-state index contributed by atoms with van der Waals surface area (Å²) >= 11 is 0. The summed E-state index contributed by atoms with van der Waals surface area (Å²) in [5.74, 6) is -1.55. The summed E-state index contributed by atoms with van der Waals surface area (Å²) in [7, 11) is 0. The van der Waals surface area contributed by atoms with Gasteiger partial charge in [0.15, 0.2) is 0 Å². The number of rotatable bonds is 10. The Bertz CT molecular complexity index is 519. The molecule has 1 atom stereocenters. The minimum atomic E-state index is -0.853. The minimum Gasteiger partial charge on any atom is -0.481 e. The van der Waals surface area contributed by atoms with E-state index in [0.29, 0.717) is 25.8 Å². The summed E-state index contributed by atoms with van der Waals surface area (Å²) in [5, 5.41) is 13.9. The molecule has 0 unspecified atom stereocenters. The van der Waals surface area contributed by atoms with Crippen molar-refractivity contribution in [1.82, 2.24) is 10.6 Å². The number of hydrogen-bond acceptors (Lipinski definition) is 4.